The maximum Gasteiger partial charge on any atom is 0.410 e. The lowest BCUT2D eigenvalue weighted by Gasteiger charge is -2.44. The molecule has 2 aromatic carbocycles. The fourth-order valence-electron chi connectivity index (χ4n) is 13.3. The minimum absolute atomic E-state index is 0.0316. The van der Waals surface area contributed by atoms with E-state index in [9.17, 15) is 9.18 Å². The molecule has 0 aliphatic carbocycles. The van der Waals surface area contributed by atoms with Gasteiger partial charge in [0.05, 0.1) is 29.4 Å². The zero-order chi connectivity index (χ0) is 53.9. The van der Waals surface area contributed by atoms with Gasteiger partial charge in [-0.15, -0.1) is 5.54 Å². The first-order valence-corrected chi connectivity index (χ1v) is 31.2. The van der Waals surface area contributed by atoms with E-state index >= 15 is 8.78 Å². The van der Waals surface area contributed by atoms with Crippen molar-refractivity contribution >= 4 is 50.0 Å². The monoisotopic (exact) mass is 1040 g/mol. The van der Waals surface area contributed by atoms with E-state index in [0.717, 1.165) is 12.8 Å². The third-order valence-corrected chi connectivity index (χ3v) is 29.3. The van der Waals surface area contributed by atoms with Gasteiger partial charge >= 0.3 is 12.1 Å². The molecular weight excluding hydrogens is 958 g/mol. The summed E-state index contributed by atoms with van der Waals surface area (Å²) in [7, 11) is -2.94. The number of piperazine rings is 1. The fourth-order valence-corrected chi connectivity index (χ4v) is 23.8. The molecule has 4 atom stereocenters. The molecule has 4 aromatic rings. The zero-order valence-electron chi connectivity index (χ0n) is 47.1. The second kappa shape index (κ2) is 21.2. The highest BCUT2D eigenvalue weighted by molar-refractivity contribution is 6.90. The molecule has 2 aromatic heterocycles. The van der Waals surface area contributed by atoms with Gasteiger partial charge in [0.1, 0.15) is 48.4 Å². The van der Waals surface area contributed by atoms with Crippen LogP contribution in [0.1, 0.15) is 143 Å². The third-order valence-electron chi connectivity index (χ3n) is 17.0. The van der Waals surface area contributed by atoms with E-state index in [1.165, 1.54) is 6.07 Å². The number of carbonyl (C=O) groups is 1. The Kier molecular flexibility index (Phi) is 16.3. The largest absolute Gasteiger partial charge is 0.543 e. The van der Waals surface area contributed by atoms with Crippen LogP contribution in [0.5, 0.6) is 11.8 Å². The molecule has 3 saturated heterocycles. The number of amides is 1. The molecule has 3 fully saturated rings. The highest BCUT2D eigenvalue weighted by Gasteiger charge is 2.49. The van der Waals surface area contributed by atoms with Crippen LogP contribution >= 0.6 is 0 Å². The molecule has 1 amide bonds. The third kappa shape index (κ3) is 10.4. The standard InChI is InChI=1S/C58H83F3N6O4Si2/c1-34(2)72(35(3)4,36(5)6)26-24-46-49(60)22-19-41-27-45(71-73(37(7)8,38(9)10)39(11)12)28-47(50(41)46)52-51(61)53-48(30-62-52)54(66-31-43-20-21-44(32-66)67(43)56(68)70-57(14,15)16)64-55(63-53)69-40(13)58(17)33-65(18)25-23-42(58)29-59/h19,22,27-30,34-40,43-44H,20-21,23,25,31-33H2,1-18H3/b42-29+/t40?,43-,44+,58-/m0/s1. The molecule has 398 valence electrons. The van der Waals surface area contributed by atoms with Crippen molar-refractivity contribution in [3.63, 3.8) is 0 Å². The van der Waals surface area contributed by atoms with Crippen molar-refractivity contribution in [2.24, 2.45) is 5.41 Å². The molecule has 10 nitrogen and oxygen atoms in total. The van der Waals surface area contributed by atoms with E-state index < -0.39 is 45.1 Å². The number of likely N-dealkylation sites (tertiary alicyclic amines) is 1. The van der Waals surface area contributed by atoms with E-state index in [1.807, 2.05) is 58.7 Å². The summed E-state index contributed by atoms with van der Waals surface area (Å²) in [5, 5.41) is 1.46. The Balaban J connectivity index is 1.49. The number of rotatable bonds is 13. The number of pyridine rings is 1. The number of hydrogen-bond acceptors (Lipinski definition) is 9. The van der Waals surface area contributed by atoms with E-state index in [4.69, 9.17) is 28.9 Å². The normalized spacial score (nSPS) is 21.2. The van der Waals surface area contributed by atoms with Crippen molar-refractivity contribution in [3.05, 3.63) is 59.6 Å². The Morgan fingerprint density at radius 1 is 0.877 bits per heavy atom. The first-order valence-electron chi connectivity index (χ1n) is 26.9. The minimum Gasteiger partial charge on any atom is -0.543 e. The lowest BCUT2D eigenvalue weighted by atomic mass is 9.74. The van der Waals surface area contributed by atoms with Gasteiger partial charge in [-0.05, 0) is 116 Å². The molecule has 0 N–H and O–H groups in total. The highest BCUT2D eigenvalue weighted by atomic mass is 28.4. The van der Waals surface area contributed by atoms with Crippen LogP contribution in [0.25, 0.3) is 32.9 Å². The van der Waals surface area contributed by atoms with Crippen LogP contribution in [0.2, 0.25) is 33.2 Å². The molecule has 0 radical (unpaired) electrons. The van der Waals surface area contributed by atoms with Gasteiger partial charge in [0, 0.05) is 48.7 Å². The van der Waals surface area contributed by atoms with Crippen molar-refractivity contribution in [2.75, 3.05) is 38.1 Å². The van der Waals surface area contributed by atoms with E-state index in [-0.39, 0.29) is 57.6 Å². The zero-order valence-corrected chi connectivity index (χ0v) is 49.1. The Morgan fingerprint density at radius 2 is 1.48 bits per heavy atom. The van der Waals surface area contributed by atoms with Crippen LogP contribution in [0.4, 0.5) is 23.8 Å². The number of nitrogens with zero attached hydrogens (tertiary/aromatic N) is 6. The first-order chi connectivity index (χ1) is 34.1. The van der Waals surface area contributed by atoms with Crippen LogP contribution in [0.15, 0.2) is 42.4 Å². The van der Waals surface area contributed by atoms with Crippen LogP contribution < -0.4 is 14.1 Å². The topological polar surface area (TPSA) is 93.2 Å². The minimum atomic E-state index is -2.57. The number of carbonyl (C=O) groups excluding carboxylic acids is 1. The van der Waals surface area contributed by atoms with Crippen molar-refractivity contribution in [1.82, 2.24) is 24.8 Å². The predicted octanol–water partition coefficient (Wildman–Crippen LogP) is 14.8. The summed E-state index contributed by atoms with van der Waals surface area (Å²) in [4.78, 5) is 34.6. The SMILES string of the molecule is CC(Oc1nc(N2C[C@H]3CC[C@@H](C2)N3C(=O)OC(C)(C)C)c2cnc(-c3cc(O[Si](C(C)C)(C(C)C)C(C)C)cc4ccc(F)c(C#C[Si](C(C)C)(C(C)C)C(C)C)c34)c(F)c2n1)[C@]1(C)CN(C)CC/C1=C\F. The Hall–Kier alpha value is -4.66. The van der Waals surface area contributed by atoms with Crippen LogP contribution in [0.3, 0.4) is 0 Å². The second-order valence-electron chi connectivity index (χ2n) is 24.5. The number of hydrogen-bond donors (Lipinski definition) is 0. The van der Waals surface area contributed by atoms with Crippen LogP contribution in [-0.4, -0.2) is 104 Å². The summed E-state index contributed by atoms with van der Waals surface area (Å²) >= 11 is 0. The lowest BCUT2D eigenvalue weighted by Crippen LogP contribution is -2.57. The van der Waals surface area contributed by atoms with Crippen molar-refractivity contribution in [2.45, 2.75) is 194 Å². The van der Waals surface area contributed by atoms with Gasteiger partial charge in [-0.25, -0.2) is 18.0 Å². The molecule has 73 heavy (non-hydrogen) atoms. The van der Waals surface area contributed by atoms with Gasteiger partial charge in [0.15, 0.2) is 5.82 Å². The van der Waals surface area contributed by atoms with Gasteiger partial charge in [-0.2, -0.15) is 9.97 Å². The average molecular weight is 1040 g/mol. The van der Waals surface area contributed by atoms with Crippen molar-refractivity contribution in [3.8, 4) is 34.5 Å². The van der Waals surface area contributed by atoms with E-state index in [1.54, 1.807) is 12.3 Å². The number of halogens is 3. The van der Waals surface area contributed by atoms with Gasteiger partial charge in [-0.1, -0.05) is 102 Å². The Morgan fingerprint density at radius 3 is 2.03 bits per heavy atom. The summed E-state index contributed by atoms with van der Waals surface area (Å²) in [6.45, 7) is 38.2. The van der Waals surface area contributed by atoms with Gasteiger partial charge in [-0.3, -0.25) is 9.88 Å². The molecule has 3 aliphatic rings. The summed E-state index contributed by atoms with van der Waals surface area (Å²) in [5.41, 5.74) is 5.03. The van der Waals surface area contributed by atoms with Crippen molar-refractivity contribution in [1.29, 1.82) is 0 Å². The Labute approximate surface area is 436 Å². The molecule has 0 spiro atoms. The van der Waals surface area contributed by atoms with E-state index in [0.29, 0.717) is 94.4 Å². The molecule has 15 heteroatoms. The maximum atomic E-state index is 18.5. The van der Waals surface area contributed by atoms with Gasteiger partial charge < -0.3 is 23.7 Å². The molecule has 2 bridgehead atoms. The number of anilines is 1. The average Bonchev–Trinajstić information content (AvgIpc) is 3.56. The highest BCUT2D eigenvalue weighted by Crippen LogP contribution is 2.47. The number of benzene rings is 2. The summed E-state index contributed by atoms with van der Waals surface area (Å²) in [6.07, 6.45) is 3.37. The number of fused-ring (bicyclic) bond motifs is 4. The molecule has 1 unspecified atom stereocenters. The van der Waals surface area contributed by atoms with Crippen LogP contribution in [-0.2, 0) is 4.74 Å². The van der Waals surface area contributed by atoms with E-state index in [2.05, 4.69) is 104 Å². The molecule has 3 aliphatic heterocycles. The quantitative estimate of drug-likeness (QED) is 0.0959. The number of piperidine rings is 1. The first kappa shape index (κ1) is 56.1. The second-order valence-corrected chi connectivity index (χ2v) is 35.5. The smallest absolute Gasteiger partial charge is 0.410 e. The molecule has 7 rings (SSSR count). The number of ether oxygens (including phenoxy) is 2. The molecular formula is C58H83F3N6O4Si2. The van der Waals surface area contributed by atoms with Crippen molar-refractivity contribution < 1.29 is 31.9 Å². The van der Waals surface area contributed by atoms with Crippen LogP contribution in [0, 0.1) is 28.5 Å². The maximum absolute atomic E-state index is 18.5. The van der Waals surface area contributed by atoms with Gasteiger partial charge in [0.2, 0.25) is 0 Å². The summed E-state index contributed by atoms with van der Waals surface area (Å²) < 4.78 is 69.9. The molecule has 5 heterocycles. The summed E-state index contributed by atoms with van der Waals surface area (Å²) in [5.74, 6) is 3.17. The summed E-state index contributed by atoms with van der Waals surface area (Å²) in [6, 6.07) is 6.54. The fraction of sp³-hybridized carbons (Fsp3) is 0.621. The van der Waals surface area contributed by atoms with Gasteiger partial charge in [0.25, 0.3) is 8.32 Å². The Bertz CT molecular complexity index is 2740. The predicted molar refractivity (Wildman–Crippen MR) is 296 cm³/mol. The molecule has 0 saturated carbocycles. The number of aromatic nitrogens is 3. The lowest BCUT2D eigenvalue weighted by molar-refractivity contribution is 0.0122.